The van der Waals surface area contributed by atoms with Crippen molar-refractivity contribution in [2.75, 3.05) is 18.9 Å². The van der Waals surface area contributed by atoms with Gasteiger partial charge in [-0.3, -0.25) is 5.10 Å². The zero-order chi connectivity index (χ0) is 11.8. The van der Waals surface area contributed by atoms with Crippen molar-refractivity contribution >= 4 is 21.7 Å². The first kappa shape index (κ1) is 10.5. The van der Waals surface area contributed by atoms with Crippen LogP contribution in [0, 0.1) is 0 Å². The summed E-state index contributed by atoms with van der Waals surface area (Å²) in [6, 6.07) is 5.56. The number of nitrogens with zero attached hydrogens (tertiary/aromatic N) is 1. The van der Waals surface area contributed by atoms with Crippen LogP contribution in [0.15, 0.2) is 22.7 Å². The first-order valence-electron chi connectivity index (χ1n) is 5.15. The highest BCUT2D eigenvalue weighted by molar-refractivity contribution is 9.10. The van der Waals surface area contributed by atoms with Crippen molar-refractivity contribution in [3.8, 4) is 22.8 Å². The van der Waals surface area contributed by atoms with E-state index in [1.807, 2.05) is 12.1 Å². The maximum Gasteiger partial charge on any atom is 0.171 e. The summed E-state index contributed by atoms with van der Waals surface area (Å²) in [6.07, 6.45) is 0. The summed E-state index contributed by atoms with van der Waals surface area (Å²) in [7, 11) is 0. The first-order valence-corrected chi connectivity index (χ1v) is 5.94. The van der Waals surface area contributed by atoms with Gasteiger partial charge in [-0.2, -0.15) is 5.10 Å². The molecule has 1 aliphatic rings. The molecule has 0 aliphatic carbocycles. The third-order valence-electron chi connectivity index (χ3n) is 2.53. The lowest BCUT2D eigenvalue weighted by molar-refractivity contribution is 0.172. The van der Waals surface area contributed by atoms with Crippen LogP contribution in [0.3, 0.4) is 0 Å². The molecule has 2 heterocycles. The average Bonchev–Trinajstić information content (AvgIpc) is 2.75. The van der Waals surface area contributed by atoms with E-state index in [2.05, 4.69) is 26.1 Å². The normalized spacial score (nSPS) is 13.7. The van der Waals surface area contributed by atoms with Gasteiger partial charge in [0.25, 0.3) is 0 Å². The van der Waals surface area contributed by atoms with E-state index in [0.717, 1.165) is 21.5 Å². The van der Waals surface area contributed by atoms with Gasteiger partial charge in [-0.15, -0.1) is 0 Å². The highest BCUT2D eigenvalue weighted by Crippen LogP contribution is 2.43. The van der Waals surface area contributed by atoms with Gasteiger partial charge in [0.2, 0.25) is 0 Å². The quantitative estimate of drug-likeness (QED) is 0.846. The minimum atomic E-state index is 0.446. The van der Waals surface area contributed by atoms with E-state index in [4.69, 9.17) is 15.2 Å². The SMILES string of the molecule is Nc1cc(-c2c(Br)ccc3c2OCCO3)[nH]n1. The Balaban J connectivity index is 2.20. The molecular formula is C11H10BrN3O2. The van der Waals surface area contributed by atoms with Crippen molar-refractivity contribution in [3.05, 3.63) is 22.7 Å². The van der Waals surface area contributed by atoms with Gasteiger partial charge in [0, 0.05) is 10.5 Å². The van der Waals surface area contributed by atoms with Crippen LogP contribution in [0.4, 0.5) is 5.82 Å². The van der Waals surface area contributed by atoms with Crippen molar-refractivity contribution in [2.24, 2.45) is 0 Å². The Kier molecular flexibility index (Phi) is 2.44. The summed E-state index contributed by atoms with van der Waals surface area (Å²) < 4.78 is 12.1. The molecule has 88 valence electrons. The molecule has 5 nitrogen and oxygen atoms in total. The molecule has 1 aromatic heterocycles. The number of halogens is 1. The zero-order valence-electron chi connectivity index (χ0n) is 8.87. The third kappa shape index (κ3) is 1.74. The third-order valence-corrected chi connectivity index (χ3v) is 3.19. The van der Waals surface area contributed by atoms with E-state index in [0.29, 0.717) is 24.8 Å². The molecule has 0 fully saturated rings. The Labute approximate surface area is 106 Å². The number of ether oxygens (including phenoxy) is 2. The maximum absolute atomic E-state index is 5.66. The van der Waals surface area contributed by atoms with Gasteiger partial charge in [-0.1, -0.05) is 0 Å². The van der Waals surface area contributed by atoms with Gasteiger partial charge in [0.15, 0.2) is 11.5 Å². The Morgan fingerprint density at radius 3 is 2.88 bits per heavy atom. The number of nitrogens with one attached hydrogen (secondary N) is 1. The highest BCUT2D eigenvalue weighted by Gasteiger charge is 2.20. The molecule has 1 aliphatic heterocycles. The van der Waals surface area contributed by atoms with E-state index in [1.165, 1.54) is 0 Å². The van der Waals surface area contributed by atoms with Crippen LogP contribution in [0.5, 0.6) is 11.5 Å². The van der Waals surface area contributed by atoms with E-state index >= 15 is 0 Å². The van der Waals surface area contributed by atoms with Gasteiger partial charge in [0.05, 0.1) is 11.3 Å². The molecule has 0 atom stereocenters. The number of anilines is 1. The minimum Gasteiger partial charge on any atom is -0.486 e. The van der Waals surface area contributed by atoms with E-state index in [1.54, 1.807) is 6.07 Å². The van der Waals surface area contributed by atoms with E-state index < -0.39 is 0 Å². The van der Waals surface area contributed by atoms with Crippen LogP contribution in [0.1, 0.15) is 0 Å². The van der Waals surface area contributed by atoms with Crippen LogP contribution in [0.25, 0.3) is 11.3 Å². The maximum atomic E-state index is 5.66. The topological polar surface area (TPSA) is 73.2 Å². The van der Waals surface area contributed by atoms with Crippen LogP contribution >= 0.6 is 15.9 Å². The molecule has 3 rings (SSSR count). The number of hydrogen-bond donors (Lipinski definition) is 2. The van der Waals surface area contributed by atoms with E-state index in [9.17, 15) is 0 Å². The summed E-state index contributed by atoms with van der Waals surface area (Å²) in [5.41, 5.74) is 7.30. The van der Waals surface area contributed by atoms with Gasteiger partial charge >= 0.3 is 0 Å². The average molecular weight is 296 g/mol. The van der Waals surface area contributed by atoms with Gasteiger partial charge in [0.1, 0.15) is 19.0 Å². The lowest BCUT2D eigenvalue weighted by Crippen LogP contribution is -2.16. The van der Waals surface area contributed by atoms with Crippen molar-refractivity contribution in [1.29, 1.82) is 0 Å². The molecule has 0 spiro atoms. The number of nitrogens with two attached hydrogens (primary N) is 1. The molecule has 17 heavy (non-hydrogen) atoms. The van der Waals surface area contributed by atoms with E-state index in [-0.39, 0.29) is 0 Å². The van der Waals surface area contributed by atoms with Gasteiger partial charge in [-0.05, 0) is 28.1 Å². The van der Waals surface area contributed by atoms with Gasteiger partial charge in [-0.25, -0.2) is 0 Å². The second-order valence-electron chi connectivity index (χ2n) is 3.65. The molecule has 0 saturated carbocycles. The Morgan fingerprint density at radius 1 is 1.29 bits per heavy atom. The number of hydrogen-bond acceptors (Lipinski definition) is 4. The standard InChI is InChI=1S/C11H10BrN3O2/c12-6-1-2-8-11(17-4-3-16-8)10(6)7-5-9(13)15-14-7/h1-2,5H,3-4H2,(H3,13,14,15). The molecule has 6 heteroatoms. The molecule has 0 bridgehead atoms. The second kappa shape index (κ2) is 3.96. The van der Waals surface area contributed by atoms with Crippen LogP contribution < -0.4 is 15.2 Å². The molecular weight excluding hydrogens is 286 g/mol. The number of aromatic nitrogens is 2. The van der Waals surface area contributed by atoms with Crippen LogP contribution in [-0.2, 0) is 0 Å². The molecule has 1 aromatic carbocycles. The number of fused-ring (bicyclic) bond motifs is 1. The lowest BCUT2D eigenvalue weighted by Gasteiger charge is -2.21. The lowest BCUT2D eigenvalue weighted by atomic mass is 10.1. The fraction of sp³-hybridized carbons (Fsp3) is 0.182. The summed E-state index contributed by atoms with van der Waals surface area (Å²) in [4.78, 5) is 0. The summed E-state index contributed by atoms with van der Waals surface area (Å²) >= 11 is 3.50. The number of aromatic amines is 1. The number of H-pyrrole nitrogens is 1. The minimum absolute atomic E-state index is 0.446. The Morgan fingerprint density at radius 2 is 2.12 bits per heavy atom. The fourth-order valence-corrected chi connectivity index (χ4v) is 2.33. The Hall–Kier alpha value is -1.69. The summed E-state index contributed by atoms with van der Waals surface area (Å²) in [6.45, 7) is 1.11. The smallest absolute Gasteiger partial charge is 0.171 e. The Bertz CT molecular complexity index is 568. The number of rotatable bonds is 1. The molecule has 3 N–H and O–H groups in total. The monoisotopic (exact) mass is 295 g/mol. The fourth-order valence-electron chi connectivity index (χ4n) is 1.81. The van der Waals surface area contributed by atoms with Crippen LogP contribution in [0.2, 0.25) is 0 Å². The molecule has 0 radical (unpaired) electrons. The van der Waals surface area contributed by atoms with Crippen molar-refractivity contribution < 1.29 is 9.47 Å². The first-order chi connectivity index (χ1) is 8.25. The van der Waals surface area contributed by atoms with Crippen LogP contribution in [-0.4, -0.2) is 23.4 Å². The summed E-state index contributed by atoms with van der Waals surface area (Å²) in [5.74, 6) is 1.90. The van der Waals surface area contributed by atoms with Crippen molar-refractivity contribution in [2.45, 2.75) is 0 Å². The van der Waals surface area contributed by atoms with Crippen molar-refractivity contribution in [3.63, 3.8) is 0 Å². The largest absolute Gasteiger partial charge is 0.486 e. The highest BCUT2D eigenvalue weighted by atomic mass is 79.9. The number of benzene rings is 1. The second-order valence-corrected chi connectivity index (χ2v) is 4.51. The number of nitrogen functional groups attached to an aromatic ring is 1. The molecule has 0 amide bonds. The summed E-state index contributed by atoms with van der Waals surface area (Å²) in [5, 5.41) is 6.79. The van der Waals surface area contributed by atoms with Gasteiger partial charge < -0.3 is 15.2 Å². The molecule has 0 saturated heterocycles. The predicted molar refractivity (Wildman–Crippen MR) is 67.1 cm³/mol. The predicted octanol–water partition coefficient (Wildman–Crippen LogP) is 2.19. The molecule has 0 unspecified atom stereocenters. The molecule has 2 aromatic rings. The zero-order valence-corrected chi connectivity index (χ0v) is 10.5. The van der Waals surface area contributed by atoms with Crippen molar-refractivity contribution in [1.82, 2.24) is 10.2 Å².